The highest BCUT2D eigenvalue weighted by atomic mass is 32.1. The first-order valence-corrected chi connectivity index (χ1v) is 5.44. The van der Waals surface area contributed by atoms with Crippen LogP contribution < -0.4 is 5.56 Å². The largest absolute Gasteiger partial charge is 0.317 e. The molecule has 1 N–H and O–H groups in total. The van der Waals surface area contributed by atoms with Crippen molar-refractivity contribution in [2.24, 2.45) is 14.1 Å². The molecular weight excluding hydrogens is 238 g/mol. The molecule has 7 heteroatoms. The van der Waals surface area contributed by atoms with E-state index < -0.39 is 0 Å². The maximum atomic E-state index is 11.7. The standard InChI is InChI=1S/C7H7N3OS3/c1-9-4-3(14-7(9)13)5(11)10(2)6(12)8-4/h1-2H3,(H,8,12). The number of thiazole rings is 1. The van der Waals surface area contributed by atoms with E-state index in [1.807, 2.05) is 7.05 Å². The van der Waals surface area contributed by atoms with Crippen molar-refractivity contribution < 1.29 is 0 Å². The lowest BCUT2D eigenvalue weighted by molar-refractivity contribution is 0.813. The van der Waals surface area contributed by atoms with Gasteiger partial charge in [-0.2, -0.15) is 0 Å². The van der Waals surface area contributed by atoms with Crippen molar-refractivity contribution in [2.75, 3.05) is 0 Å². The van der Waals surface area contributed by atoms with Crippen LogP contribution in [0.2, 0.25) is 0 Å². The number of rotatable bonds is 0. The molecule has 0 atom stereocenters. The predicted octanol–water partition coefficient (Wildman–Crippen LogP) is 1.73. The van der Waals surface area contributed by atoms with E-state index >= 15 is 0 Å². The number of H-pyrrole nitrogens is 1. The van der Waals surface area contributed by atoms with Gasteiger partial charge in [-0.05, 0) is 24.4 Å². The molecule has 0 spiro atoms. The van der Waals surface area contributed by atoms with E-state index in [1.165, 1.54) is 15.9 Å². The van der Waals surface area contributed by atoms with Crippen LogP contribution >= 0.6 is 35.8 Å². The highest BCUT2D eigenvalue weighted by molar-refractivity contribution is 7.73. The van der Waals surface area contributed by atoms with Gasteiger partial charge < -0.3 is 9.55 Å². The van der Waals surface area contributed by atoms with Crippen LogP contribution in [0.1, 0.15) is 0 Å². The van der Waals surface area contributed by atoms with E-state index in [4.69, 9.17) is 24.4 Å². The number of hydrogen-bond donors (Lipinski definition) is 1. The van der Waals surface area contributed by atoms with Crippen LogP contribution in [-0.2, 0) is 14.1 Å². The number of aryl methyl sites for hydroxylation is 1. The van der Waals surface area contributed by atoms with Crippen LogP contribution in [0.3, 0.4) is 0 Å². The summed E-state index contributed by atoms with van der Waals surface area (Å²) in [6.07, 6.45) is 0. The number of fused-ring (bicyclic) bond motifs is 1. The smallest absolute Gasteiger partial charge is 0.273 e. The molecule has 0 aromatic carbocycles. The molecule has 0 saturated carbocycles. The third-order valence-corrected chi connectivity index (χ3v) is 3.96. The lowest BCUT2D eigenvalue weighted by Crippen LogP contribution is -2.18. The maximum Gasteiger partial charge on any atom is 0.273 e. The highest BCUT2D eigenvalue weighted by Crippen LogP contribution is 2.15. The summed E-state index contributed by atoms with van der Waals surface area (Å²) in [5.41, 5.74) is 0.605. The minimum atomic E-state index is -0.0968. The van der Waals surface area contributed by atoms with Gasteiger partial charge in [0.05, 0.1) is 0 Å². The molecule has 2 heterocycles. The number of aromatic nitrogens is 3. The fourth-order valence-electron chi connectivity index (χ4n) is 1.16. The Balaban J connectivity index is 3.22. The summed E-state index contributed by atoms with van der Waals surface area (Å²) in [6, 6.07) is 0. The van der Waals surface area contributed by atoms with E-state index in [2.05, 4.69) is 4.98 Å². The lowest BCUT2D eigenvalue weighted by Gasteiger charge is -1.98. The van der Waals surface area contributed by atoms with Gasteiger partial charge in [-0.3, -0.25) is 9.36 Å². The molecule has 2 rings (SSSR count). The molecule has 74 valence electrons. The molecule has 4 nitrogen and oxygen atoms in total. The van der Waals surface area contributed by atoms with Crippen molar-refractivity contribution in [3.8, 4) is 0 Å². The molecule has 2 aromatic rings. The third-order valence-electron chi connectivity index (χ3n) is 2.04. The van der Waals surface area contributed by atoms with Gasteiger partial charge in [-0.15, -0.1) is 0 Å². The SMILES string of the molecule is Cn1c(=S)[nH]c2c(sc(=S)n2C)c1=O. The summed E-state index contributed by atoms with van der Waals surface area (Å²) in [5, 5.41) is 0. The van der Waals surface area contributed by atoms with Crippen LogP contribution in [0.4, 0.5) is 0 Å². The minimum absolute atomic E-state index is 0.0968. The molecule has 0 bridgehead atoms. The zero-order chi connectivity index (χ0) is 10.5. The fourth-order valence-corrected chi connectivity index (χ4v) is 2.60. The molecular formula is C7H7N3OS3. The Morgan fingerprint density at radius 1 is 1.29 bits per heavy atom. The first kappa shape index (κ1) is 9.75. The van der Waals surface area contributed by atoms with Crippen molar-refractivity contribution in [3.05, 3.63) is 19.1 Å². The molecule has 0 saturated heterocycles. The molecule has 0 unspecified atom stereocenters. The number of nitrogens with one attached hydrogen (secondary N) is 1. The van der Waals surface area contributed by atoms with Crippen molar-refractivity contribution in [1.82, 2.24) is 14.1 Å². The van der Waals surface area contributed by atoms with E-state index in [9.17, 15) is 4.79 Å². The van der Waals surface area contributed by atoms with Crippen molar-refractivity contribution >= 4 is 46.1 Å². The molecule has 14 heavy (non-hydrogen) atoms. The lowest BCUT2D eigenvalue weighted by atomic mass is 10.6. The molecule has 0 radical (unpaired) electrons. The third kappa shape index (κ3) is 1.20. The average Bonchev–Trinajstić information content (AvgIpc) is 2.42. The van der Waals surface area contributed by atoms with Gasteiger partial charge in [0.25, 0.3) is 5.56 Å². The Hall–Kier alpha value is -0.790. The Morgan fingerprint density at radius 2 is 1.93 bits per heavy atom. The molecule has 0 fully saturated rings. The predicted molar refractivity (Wildman–Crippen MR) is 62.1 cm³/mol. The molecule has 0 aliphatic heterocycles. The molecule has 2 aromatic heterocycles. The first-order chi connectivity index (χ1) is 6.52. The zero-order valence-electron chi connectivity index (χ0n) is 7.53. The fraction of sp³-hybridized carbons (Fsp3) is 0.286. The zero-order valence-corrected chi connectivity index (χ0v) is 9.98. The van der Waals surface area contributed by atoms with Crippen molar-refractivity contribution in [3.63, 3.8) is 0 Å². The van der Waals surface area contributed by atoms with Gasteiger partial charge in [0.2, 0.25) is 0 Å². The Labute approximate surface area is 93.4 Å². The van der Waals surface area contributed by atoms with Crippen molar-refractivity contribution in [2.45, 2.75) is 0 Å². The van der Waals surface area contributed by atoms with E-state index in [0.29, 0.717) is 19.1 Å². The van der Waals surface area contributed by atoms with Gasteiger partial charge in [-0.25, -0.2) is 0 Å². The van der Waals surface area contributed by atoms with E-state index in [1.54, 1.807) is 11.6 Å². The Kier molecular flexibility index (Phi) is 2.17. The molecule has 0 aliphatic carbocycles. The molecule has 0 amide bonds. The van der Waals surface area contributed by atoms with Gasteiger partial charge in [0.1, 0.15) is 10.3 Å². The first-order valence-electron chi connectivity index (χ1n) is 3.81. The minimum Gasteiger partial charge on any atom is -0.317 e. The van der Waals surface area contributed by atoms with Crippen LogP contribution in [0.25, 0.3) is 10.3 Å². The highest BCUT2D eigenvalue weighted by Gasteiger charge is 2.07. The Morgan fingerprint density at radius 3 is 2.57 bits per heavy atom. The second-order valence-corrected chi connectivity index (χ2v) is 4.93. The summed E-state index contributed by atoms with van der Waals surface area (Å²) in [4.78, 5) is 14.7. The summed E-state index contributed by atoms with van der Waals surface area (Å²) in [5.74, 6) is 0. The monoisotopic (exact) mass is 245 g/mol. The van der Waals surface area contributed by atoms with Crippen LogP contribution in [0.15, 0.2) is 4.79 Å². The summed E-state index contributed by atoms with van der Waals surface area (Å²) >= 11 is 11.4. The molecule has 0 aliphatic rings. The summed E-state index contributed by atoms with van der Waals surface area (Å²) in [7, 11) is 3.45. The van der Waals surface area contributed by atoms with E-state index in [-0.39, 0.29) is 5.56 Å². The number of hydrogen-bond acceptors (Lipinski definition) is 4. The van der Waals surface area contributed by atoms with E-state index in [0.717, 1.165) is 0 Å². The van der Waals surface area contributed by atoms with Crippen molar-refractivity contribution in [1.29, 1.82) is 0 Å². The van der Waals surface area contributed by atoms with Gasteiger partial charge in [-0.1, -0.05) is 11.3 Å². The van der Waals surface area contributed by atoms with Gasteiger partial charge >= 0.3 is 0 Å². The maximum absolute atomic E-state index is 11.7. The second kappa shape index (κ2) is 3.11. The van der Waals surface area contributed by atoms with Crippen LogP contribution in [-0.4, -0.2) is 14.1 Å². The quantitative estimate of drug-likeness (QED) is 0.719. The summed E-state index contributed by atoms with van der Waals surface area (Å²) < 4.78 is 4.85. The second-order valence-electron chi connectivity index (χ2n) is 2.90. The van der Waals surface area contributed by atoms with Gasteiger partial charge in [0.15, 0.2) is 8.73 Å². The summed E-state index contributed by atoms with van der Waals surface area (Å²) in [6.45, 7) is 0. The van der Waals surface area contributed by atoms with Crippen LogP contribution in [0.5, 0.6) is 0 Å². The number of nitrogens with zero attached hydrogens (tertiary/aromatic N) is 2. The number of aromatic amines is 1. The van der Waals surface area contributed by atoms with Gasteiger partial charge in [0, 0.05) is 14.1 Å². The van der Waals surface area contributed by atoms with Crippen LogP contribution in [0, 0.1) is 8.73 Å². The Bertz CT molecular complexity index is 672. The normalized spacial score (nSPS) is 11.0. The average molecular weight is 245 g/mol. The topological polar surface area (TPSA) is 42.7 Å².